The van der Waals surface area contributed by atoms with Crippen LogP contribution in [0, 0.1) is 5.82 Å². The van der Waals surface area contributed by atoms with Crippen molar-refractivity contribution >= 4 is 16.8 Å². The molecule has 1 aliphatic carbocycles. The van der Waals surface area contributed by atoms with E-state index in [1.54, 1.807) is 12.1 Å². The zero-order chi connectivity index (χ0) is 16.0. The molecule has 0 saturated heterocycles. The smallest absolute Gasteiger partial charge is 0.268 e. The first-order valence-corrected chi connectivity index (χ1v) is 7.72. The maximum atomic E-state index is 13.4. The Morgan fingerprint density at radius 1 is 1.13 bits per heavy atom. The number of fused-ring (bicyclic) bond motifs is 1. The van der Waals surface area contributed by atoms with Crippen molar-refractivity contribution in [3.8, 4) is 0 Å². The van der Waals surface area contributed by atoms with Gasteiger partial charge in [0, 0.05) is 18.0 Å². The maximum absolute atomic E-state index is 13.4. The molecule has 0 unspecified atom stereocenters. The van der Waals surface area contributed by atoms with Gasteiger partial charge in [0.1, 0.15) is 11.5 Å². The number of nitrogens with zero attached hydrogens (tertiary/aromatic N) is 1. The molecule has 2 aromatic carbocycles. The second-order valence-corrected chi connectivity index (χ2v) is 6.19. The lowest BCUT2D eigenvalue weighted by atomic mass is 10.0. The molecule has 1 aliphatic rings. The maximum Gasteiger partial charge on any atom is 0.268 e. The summed E-state index contributed by atoms with van der Waals surface area (Å²) in [5.41, 5.74) is 2.28. The molecule has 0 bridgehead atoms. The largest absolute Gasteiger partial charge is 0.341 e. The molecular weight excluding hydrogens is 291 g/mol. The highest BCUT2D eigenvalue weighted by molar-refractivity contribution is 5.99. The first kappa shape index (κ1) is 14.0. The van der Waals surface area contributed by atoms with E-state index in [-0.39, 0.29) is 17.3 Å². The van der Waals surface area contributed by atoms with E-state index in [0.29, 0.717) is 5.69 Å². The van der Waals surface area contributed by atoms with Crippen LogP contribution in [0.3, 0.4) is 0 Å². The lowest BCUT2D eigenvalue weighted by molar-refractivity contribution is 0.0923. The zero-order valence-electron chi connectivity index (χ0n) is 12.8. The molecule has 4 rings (SSSR count). The van der Waals surface area contributed by atoms with Crippen LogP contribution < -0.4 is 5.32 Å². The van der Waals surface area contributed by atoms with Gasteiger partial charge in [-0.15, -0.1) is 0 Å². The Bertz CT molecular complexity index is 894. The molecule has 4 heteroatoms. The van der Waals surface area contributed by atoms with Gasteiger partial charge in [0.25, 0.3) is 5.91 Å². The normalized spacial score (nSPS) is 15.6. The van der Waals surface area contributed by atoms with E-state index in [0.717, 1.165) is 29.3 Å². The van der Waals surface area contributed by atoms with Gasteiger partial charge in [0.15, 0.2) is 0 Å². The molecule has 23 heavy (non-hydrogen) atoms. The number of benzene rings is 2. The predicted molar refractivity (Wildman–Crippen MR) is 87.7 cm³/mol. The number of carbonyl (C=O) groups excluding carboxylic acids is 1. The van der Waals surface area contributed by atoms with E-state index in [4.69, 9.17) is 0 Å². The minimum absolute atomic E-state index is 0.120. The summed E-state index contributed by atoms with van der Waals surface area (Å²) in [6.07, 6.45) is 1.89. The van der Waals surface area contributed by atoms with Crippen LogP contribution in [0.5, 0.6) is 0 Å². The topological polar surface area (TPSA) is 34.0 Å². The number of carbonyl (C=O) groups is 1. The second kappa shape index (κ2) is 4.95. The van der Waals surface area contributed by atoms with Crippen molar-refractivity contribution in [1.82, 2.24) is 9.88 Å². The first-order valence-electron chi connectivity index (χ1n) is 7.72. The Labute approximate surface area is 133 Å². The number of hydrogen-bond donors (Lipinski definition) is 1. The number of nitrogens with one attached hydrogen (secondary N) is 1. The molecule has 3 nitrogen and oxygen atoms in total. The van der Waals surface area contributed by atoms with Crippen LogP contribution in [0.1, 0.15) is 28.9 Å². The van der Waals surface area contributed by atoms with Gasteiger partial charge in [-0.25, -0.2) is 4.39 Å². The molecule has 1 heterocycles. The Kier molecular flexibility index (Phi) is 3.01. The van der Waals surface area contributed by atoms with Crippen LogP contribution in [0.4, 0.5) is 4.39 Å². The van der Waals surface area contributed by atoms with Gasteiger partial charge in [-0.05, 0) is 42.7 Å². The van der Waals surface area contributed by atoms with Crippen molar-refractivity contribution < 1.29 is 9.18 Å². The van der Waals surface area contributed by atoms with Crippen molar-refractivity contribution in [3.63, 3.8) is 0 Å². The summed E-state index contributed by atoms with van der Waals surface area (Å²) in [6.45, 7) is 0. The summed E-state index contributed by atoms with van der Waals surface area (Å²) in [6, 6.07) is 16.4. The molecule has 0 atom stereocenters. The van der Waals surface area contributed by atoms with Gasteiger partial charge in [-0.3, -0.25) is 4.79 Å². The molecule has 1 saturated carbocycles. The third kappa shape index (κ3) is 2.31. The van der Waals surface area contributed by atoms with E-state index in [1.807, 2.05) is 41.9 Å². The summed E-state index contributed by atoms with van der Waals surface area (Å²) >= 11 is 0. The summed E-state index contributed by atoms with van der Waals surface area (Å²) in [5, 5.41) is 3.90. The van der Waals surface area contributed by atoms with Crippen molar-refractivity contribution in [3.05, 3.63) is 71.7 Å². The van der Waals surface area contributed by atoms with Crippen molar-refractivity contribution in [1.29, 1.82) is 0 Å². The predicted octanol–water partition coefficient (Wildman–Crippen LogP) is 3.74. The van der Waals surface area contributed by atoms with Gasteiger partial charge < -0.3 is 9.88 Å². The van der Waals surface area contributed by atoms with Crippen molar-refractivity contribution in [2.24, 2.45) is 7.05 Å². The van der Waals surface area contributed by atoms with Gasteiger partial charge >= 0.3 is 0 Å². The third-order valence-electron chi connectivity index (χ3n) is 4.67. The Morgan fingerprint density at radius 3 is 2.57 bits per heavy atom. The van der Waals surface area contributed by atoms with Crippen LogP contribution in [-0.2, 0) is 12.6 Å². The summed E-state index contributed by atoms with van der Waals surface area (Å²) < 4.78 is 15.2. The third-order valence-corrected chi connectivity index (χ3v) is 4.67. The number of amides is 1. The molecule has 0 spiro atoms. The Hall–Kier alpha value is -2.62. The monoisotopic (exact) mass is 308 g/mol. The zero-order valence-corrected chi connectivity index (χ0v) is 12.8. The SMILES string of the molecule is Cn1c(C(=O)NC2(c3ccccc3)CC2)cc2cc(F)ccc21. The molecule has 0 radical (unpaired) electrons. The summed E-state index contributed by atoms with van der Waals surface area (Å²) in [7, 11) is 1.83. The van der Waals surface area contributed by atoms with Crippen LogP contribution in [0.2, 0.25) is 0 Å². The highest BCUT2D eigenvalue weighted by Crippen LogP contribution is 2.45. The van der Waals surface area contributed by atoms with Crippen LogP contribution in [-0.4, -0.2) is 10.5 Å². The minimum atomic E-state index is -0.294. The second-order valence-electron chi connectivity index (χ2n) is 6.19. The van der Waals surface area contributed by atoms with E-state index < -0.39 is 0 Å². The number of aryl methyl sites for hydroxylation is 1. The number of rotatable bonds is 3. The van der Waals surface area contributed by atoms with Gasteiger partial charge in [-0.2, -0.15) is 0 Å². The van der Waals surface area contributed by atoms with Gasteiger partial charge in [0.2, 0.25) is 0 Å². The minimum Gasteiger partial charge on any atom is -0.341 e. The van der Waals surface area contributed by atoms with Gasteiger partial charge in [0.05, 0.1) is 5.54 Å². The van der Waals surface area contributed by atoms with E-state index in [9.17, 15) is 9.18 Å². The number of hydrogen-bond acceptors (Lipinski definition) is 1. The highest BCUT2D eigenvalue weighted by atomic mass is 19.1. The van der Waals surface area contributed by atoms with E-state index in [1.165, 1.54) is 12.1 Å². The van der Waals surface area contributed by atoms with Crippen LogP contribution in [0.15, 0.2) is 54.6 Å². The first-order chi connectivity index (χ1) is 11.1. The lowest BCUT2D eigenvalue weighted by Gasteiger charge is -2.18. The highest BCUT2D eigenvalue weighted by Gasteiger charge is 2.45. The fourth-order valence-electron chi connectivity index (χ4n) is 3.19. The molecule has 1 amide bonds. The molecule has 1 N–H and O–H groups in total. The van der Waals surface area contributed by atoms with E-state index in [2.05, 4.69) is 5.32 Å². The van der Waals surface area contributed by atoms with Crippen LogP contribution >= 0.6 is 0 Å². The average molecular weight is 308 g/mol. The molecule has 116 valence electrons. The van der Waals surface area contributed by atoms with Crippen molar-refractivity contribution in [2.75, 3.05) is 0 Å². The van der Waals surface area contributed by atoms with Crippen LogP contribution in [0.25, 0.3) is 10.9 Å². The lowest BCUT2D eigenvalue weighted by Crippen LogP contribution is -2.35. The average Bonchev–Trinajstić information content (AvgIpc) is 3.26. The quantitative estimate of drug-likeness (QED) is 0.786. The van der Waals surface area contributed by atoms with Crippen molar-refractivity contribution in [2.45, 2.75) is 18.4 Å². The Morgan fingerprint density at radius 2 is 1.87 bits per heavy atom. The fraction of sp³-hybridized carbons (Fsp3) is 0.211. The molecule has 1 aromatic heterocycles. The molecule has 0 aliphatic heterocycles. The van der Waals surface area contributed by atoms with Gasteiger partial charge in [-0.1, -0.05) is 30.3 Å². The molecular formula is C19H17FN2O. The van der Waals surface area contributed by atoms with E-state index >= 15 is 0 Å². The number of halogens is 1. The standard InChI is InChI=1S/C19H17FN2O/c1-22-16-8-7-15(20)11-13(16)12-17(22)18(23)21-19(9-10-19)14-5-3-2-4-6-14/h2-8,11-12H,9-10H2,1H3,(H,21,23). The fourth-order valence-corrected chi connectivity index (χ4v) is 3.19. The summed E-state index contributed by atoms with van der Waals surface area (Å²) in [4.78, 5) is 12.7. The molecule has 3 aromatic rings. The summed E-state index contributed by atoms with van der Waals surface area (Å²) in [5.74, 6) is -0.413. The number of aromatic nitrogens is 1. The Balaban J connectivity index is 1.67. The molecule has 1 fully saturated rings.